The third kappa shape index (κ3) is 3.54. The van der Waals surface area contributed by atoms with E-state index >= 15 is 0 Å². The van der Waals surface area contributed by atoms with Crippen molar-refractivity contribution in [2.75, 3.05) is 45.2 Å². The van der Waals surface area contributed by atoms with Gasteiger partial charge >= 0.3 is 0 Å². The van der Waals surface area contributed by atoms with Crippen molar-refractivity contribution in [3.05, 3.63) is 46.8 Å². The molecule has 1 aromatic carbocycles. The Kier molecular flexibility index (Phi) is 4.83. The Morgan fingerprint density at radius 1 is 1.04 bits per heavy atom. The van der Waals surface area contributed by atoms with E-state index in [1.54, 1.807) is 7.11 Å². The highest BCUT2D eigenvalue weighted by Gasteiger charge is 2.31. The van der Waals surface area contributed by atoms with Crippen molar-refractivity contribution in [3.8, 4) is 5.75 Å². The highest BCUT2D eigenvalue weighted by molar-refractivity contribution is 5.99. The second kappa shape index (κ2) is 7.27. The maximum atomic E-state index is 12.8. The number of likely N-dealkylation sites (N-methyl/N-ethyl adjacent to an activating group) is 1. The summed E-state index contributed by atoms with van der Waals surface area (Å²) in [5.74, 6) is 1.91. The number of benzene rings is 1. The Morgan fingerprint density at radius 3 is 2.41 bits per heavy atom. The van der Waals surface area contributed by atoms with Gasteiger partial charge in [-0.2, -0.15) is 0 Å². The predicted molar refractivity (Wildman–Crippen MR) is 105 cm³/mol. The number of methoxy groups -OCH3 is 1. The zero-order chi connectivity index (χ0) is 19.0. The standard InChI is InChI=1S/C21H26N4O2/c1-14-20-18(23-21(22-14)25-10-8-24(2)9-11-25)12-16(13-19(20)26)15-4-6-17(27-3)7-5-15/h4-7,16H,8-13H2,1-3H3. The Bertz CT molecular complexity index is 842. The van der Waals surface area contributed by atoms with Gasteiger partial charge < -0.3 is 14.5 Å². The number of aromatic nitrogens is 2. The zero-order valence-corrected chi connectivity index (χ0v) is 16.2. The van der Waals surface area contributed by atoms with Crippen molar-refractivity contribution in [2.24, 2.45) is 0 Å². The van der Waals surface area contributed by atoms with Crippen LogP contribution in [0.25, 0.3) is 0 Å². The van der Waals surface area contributed by atoms with E-state index in [-0.39, 0.29) is 11.7 Å². The number of ether oxygens (including phenoxy) is 1. The maximum absolute atomic E-state index is 12.8. The lowest BCUT2D eigenvalue weighted by Gasteiger charge is -2.33. The number of anilines is 1. The average Bonchev–Trinajstić information content (AvgIpc) is 2.68. The van der Waals surface area contributed by atoms with Crippen molar-refractivity contribution < 1.29 is 9.53 Å². The number of carbonyl (C=O) groups is 1. The molecule has 0 bridgehead atoms. The molecule has 4 rings (SSSR count). The van der Waals surface area contributed by atoms with Crippen LogP contribution in [0.5, 0.6) is 5.75 Å². The number of nitrogens with zero attached hydrogens (tertiary/aromatic N) is 4. The zero-order valence-electron chi connectivity index (χ0n) is 16.2. The highest BCUT2D eigenvalue weighted by Crippen LogP contribution is 2.34. The molecule has 0 saturated carbocycles. The monoisotopic (exact) mass is 366 g/mol. The summed E-state index contributed by atoms with van der Waals surface area (Å²) in [6, 6.07) is 8.01. The van der Waals surface area contributed by atoms with E-state index < -0.39 is 0 Å². The van der Waals surface area contributed by atoms with E-state index in [0.29, 0.717) is 6.42 Å². The molecular formula is C21H26N4O2. The number of carbonyl (C=O) groups excluding carboxylic acids is 1. The molecule has 1 fully saturated rings. The van der Waals surface area contributed by atoms with E-state index in [1.807, 2.05) is 19.1 Å². The van der Waals surface area contributed by atoms with Crippen LogP contribution < -0.4 is 9.64 Å². The maximum Gasteiger partial charge on any atom is 0.225 e. The van der Waals surface area contributed by atoms with Gasteiger partial charge in [0.05, 0.1) is 24.1 Å². The number of piperazine rings is 1. The molecule has 2 aliphatic rings. The first-order chi connectivity index (χ1) is 13.0. The Balaban J connectivity index is 1.62. The van der Waals surface area contributed by atoms with Gasteiger partial charge in [0.1, 0.15) is 5.75 Å². The molecule has 1 unspecified atom stereocenters. The summed E-state index contributed by atoms with van der Waals surface area (Å²) in [5, 5.41) is 0. The number of aryl methyl sites for hydroxylation is 1. The number of rotatable bonds is 3. The normalized spacial score (nSPS) is 20.5. The summed E-state index contributed by atoms with van der Waals surface area (Å²) >= 11 is 0. The van der Waals surface area contributed by atoms with Crippen LogP contribution in [0.1, 0.15) is 39.6 Å². The van der Waals surface area contributed by atoms with Gasteiger partial charge in [0.25, 0.3) is 0 Å². The summed E-state index contributed by atoms with van der Waals surface area (Å²) in [6.07, 6.45) is 1.29. The minimum Gasteiger partial charge on any atom is -0.497 e. The first kappa shape index (κ1) is 17.9. The molecular weight excluding hydrogens is 340 g/mol. The summed E-state index contributed by atoms with van der Waals surface area (Å²) < 4.78 is 5.24. The SMILES string of the molecule is COc1ccc(C2CC(=O)c3c(C)nc(N4CCN(C)CC4)nc3C2)cc1. The van der Waals surface area contributed by atoms with Crippen LogP contribution in [0.2, 0.25) is 0 Å². The molecule has 2 heterocycles. The number of ketones is 1. The van der Waals surface area contributed by atoms with Gasteiger partial charge in [-0.1, -0.05) is 12.1 Å². The van der Waals surface area contributed by atoms with Crippen molar-refractivity contribution in [2.45, 2.75) is 25.7 Å². The van der Waals surface area contributed by atoms with Gasteiger partial charge in [0.15, 0.2) is 5.78 Å². The van der Waals surface area contributed by atoms with Gasteiger partial charge in [-0.3, -0.25) is 4.79 Å². The Hall–Kier alpha value is -2.47. The smallest absolute Gasteiger partial charge is 0.225 e. The van der Waals surface area contributed by atoms with Crippen LogP contribution in [-0.4, -0.2) is 61.0 Å². The van der Waals surface area contributed by atoms with Crippen LogP contribution in [0.15, 0.2) is 24.3 Å². The first-order valence-electron chi connectivity index (χ1n) is 9.53. The number of fused-ring (bicyclic) bond motifs is 1. The minimum absolute atomic E-state index is 0.152. The topological polar surface area (TPSA) is 58.6 Å². The van der Waals surface area contributed by atoms with Gasteiger partial charge in [-0.15, -0.1) is 0 Å². The fourth-order valence-electron chi connectivity index (χ4n) is 4.02. The molecule has 142 valence electrons. The molecule has 6 heteroatoms. The third-order valence-corrected chi connectivity index (χ3v) is 5.68. The van der Waals surface area contributed by atoms with Crippen LogP contribution in [0, 0.1) is 6.92 Å². The van der Waals surface area contributed by atoms with Gasteiger partial charge in [-0.25, -0.2) is 9.97 Å². The predicted octanol–water partition coefficient (Wildman–Crippen LogP) is 2.46. The molecule has 0 amide bonds. The number of hydrogen-bond donors (Lipinski definition) is 0. The van der Waals surface area contributed by atoms with E-state index in [1.165, 1.54) is 0 Å². The third-order valence-electron chi connectivity index (χ3n) is 5.68. The van der Waals surface area contributed by atoms with Crippen LogP contribution in [0.4, 0.5) is 5.95 Å². The second-order valence-electron chi connectivity index (χ2n) is 7.52. The van der Waals surface area contributed by atoms with Gasteiger partial charge in [-0.05, 0) is 44.0 Å². The summed E-state index contributed by atoms with van der Waals surface area (Å²) in [4.78, 5) is 26.9. The van der Waals surface area contributed by atoms with Crippen molar-refractivity contribution in [3.63, 3.8) is 0 Å². The summed E-state index contributed by atoms with van der Waals surface area (Å²) in [6.45, 7) is 5.79. The minimum atomic E-state index is 0.152. The van der Waals surface area contributed by atoms with E-state index in [2.05, 4.69) is 34.0 Å². The molecule has 1 saturated heterocycles. The Labute approximate surface area is 160 Å². The lowest BCUT2D eigenvalue weighted by Crippen LogP contribution is -2.45. The van der Waals surface area contributed by atoms with Crippen molar-refractivity contribution in [1.82, 2.24) is 14.9 Å². The van der Waals surface area contributed by atoms with Crippen LogP contribution in [-0.2, 0) is 6.42 Å². The summed E-state index contributed by atoms with van der Waals surface area (Å²) in [5.41, 5.74) is 3.60. The van der Waals surface area contributed by atoms with Crippen LogP contribution in [0.3, 0.4) is 0 Å². The number of Topliss-reactive ketones (excluding diaryl/α,β-unsaturated/α-hetero) is 1. The first-order valence-corrected chi connectivity index (χ1v) is 9.53. The van der Waals surface area contributed by atoms with E-state index in [9.17, 15) is 4.79 Å². The van der Waals surface area contributed by atoms with E-state index in [0.717, 1.165) is 66.8 Å². The van der Waals surface area contributed by atoms with Crippen molar-refractivity contribution >= 4 is 11.7 Å². The number of hydrogen-bond acceptors (Lipinski definition) is 6. The molecule has 0 radical (unpaired) electrons. The highest BCUT2D eigenvalue weighted by atomic mass is 16.5. The summed E-state index contributed by atoms with van der Waals surface area (Å²) in [7, 11) is 3.80. The van der Waals surface area contributed by atoms with Gasteiger partial charge in [0.2, 0.25) is 5.95 Å². The van der Waals surface area contributed by atoms with Gasteiger partial charge in [0, 0.05) is 32.6 Å². The van der Waals surface area contributed by atoms with Crippen LogP contribution >= 0.6 is 0 Å². The van der Waals surface area contributed by atoms with E-state index in [4.69, 9.17) is 9.72 Å². The fourth-order valence-corrected chi connectivity index (χ4v) is 4.02. The molecule has 1 aliphatic carbocycles. The molecule has 6 nitrogen and oxygen atoms in total. The van der Waals surface area contributed by atoms with Crippen molar-refractivity contribution in [1.29, 1.82) is 0 Å². The molecule has 1 aliphatic heterocycles. The quantitative estimate of drug-likeness (QED) is 0.832. The fraction of sp³-hybridized carbons (Fsp3) is 0.476. The lowest BCUT2D eigenvalue weighted by atomic mass is 9.81. The molecule has 0 N–H and O–H groups in total. The molecule has 0 spiro atoms. The largest absolute Gasteiger partial charge is 0.497 e. The molecule has 1 aromatic heterocycles. The Morgan fingerprint density at radius 2 is 1.74 bits per heavy atom. The molecule has 2 aromatic rings. The molecule has 27 heavy (non-hydrogen) atoms. The average molecular weight is 366 g/mol. The second-order valence-corrected chi connectivity index (χ2v) is 7.52. The molecule has 1 atom stereocenters. The lowest BCUT2D eigenvalue weighted by molar-refractivity contribution is 0.0962.